The second-order valence-electron chi connectivity index (χ2n) is 8.01. The van der Waals surface area contributed by atoms with E-state index in [4.69, 9.17) is 0 Å². The van der Waals surface area contributed by atoms with Gasteiger partial charge in [0.05, 0.1) is 17.3 Å². The predicted octanol–water partition coefficient (Wildman–Crippen LogP) is 2.75. The molecule has 32 heavy (non-hydrogen) atoms. The summed E-state index contributed by atoms with van der Waals surface area (Å²) in [5.41, 5.74) is 5.00. The van der Waals surface area contributed by atoms with Gasteiger partial charge in [0.25, 0.3) is 5.91 Å². The van der Waals surface area contributed by atoms with Crippen molar-refractivity contribution in [3.05, 3.63) is 53.6 Å². The molecule has 0 aliphatic carbocycles. The van der Waals surface area contributed by atoms with Crippen LogP contribution in [0.25, 0.3) is 0 Å². The zero-order chi connectivity index (χ0) is 22.5. The maximum Gasteiger partial charge on any atom is 0.259 e. The SMILES string of the molecule is Cc1nc(C2CCCN2C(=O)CCC2=NNC(=O)CC2)ncc1C(=O)Nc1ccccc1. The second-order valence-corrected chi connectivity index (χ2v) is 8.01. The summed E-state index contributed by atoms with van der Waals surface area (Å²) in [7, 11) is 0. The Balaban J connectivity index is 1.41. The summed E-state index contributed by atoms with van der Waals surface area (Å²) in [6.07, 6.45) is 5.08. The first-order valence-corrected chi connectivity index (χ1v) is 10.8. The van der Waals surface area contributed by atoms with Crippen LogP contribution in [0.2, 0.25) is 0 Å². The summed E-state index contributed by atoms with van der Waals surface area (Å²) < 4.78 is 0. The van der Waals surface area contributed by atoms with Gasteiger partial charge in [-0.1, -0.05) is 18.2 Å². The highest BCUT2D eigenvalue weighted by atomic mass is 16.2. The molecule has 3 amide bonds. The number of carbonyl (C=O) groups is 3. The van der Waals surface area contributed by atoms with E-state index in [-0.39, 0.29) is 23.8 Å². The zero-order valence-electron chi connectivity index (χ0n) is 18.0. The quantitative estimate of drug-likeness (QED) is 0.725. The molecular formula is C23H26N6O3. The summed E-state index contributed by atoms with van der Waals surface area (Å²) in [5, 5.41) is 6.88. The van der Waals surface area contributed by atoms with Crippen molar-refractivity contribution >= 4 is 29.1 Å². The lowest BCUT2D eigenvalue weighted by Crippen LogP contribution is -2.32. The molecule has 4 rings (SSSR count). The van der Waals surface area contributed by atoms with Gasteiger partial charge in [-0.05, 0) is 44.7 Å². The number of likely N-dealkylation sites (tertiary alicyclic amines) is 1. The van der Waals surface area contributed by atoms with Gasteiger partial charge in [-0.15, -0.1) is 0 Å². The third kappa shape index (κ3) is 4.99. The fourth-order valence-corrected chi connectivity index (χ4v) is 4.01. The van der Waals surface area contributed by atoms with Crippen LogP contribution in [-0.2, 0) is 9.59 Å². The number of anilines is 1. The molecule has 2 aliphatic rings. The Hall–Kier alpha value is -3.62. The number of aromatic nitrogens is 2. The number of carbonyl (C=O) groups excluding carboxylic acids is 3. The molecule has 0 radical (unpaired) electrons. The van der Waals surface area contributed by atoms with E-state index in [1.165, 1.54) is 6.20 Å². The molecule has 3 heterocycles. The van der Waals surface area contributed by atoms with E-state index < -0.39 is 0 Å². The van der Waals surface area contributed by atoms with Crippen LogP contribution >= 0.6 is 0 Å². The van der Waals surface area contributed by atoms with Crippen LogP contribution in [0.4, 0.5) is 5.69 Å². The Labute approximate surface area is 186 Å². The summed E-state index contributed by atoms with van der Waals surface area (Å²) >= 11 is 0. The number of para-hydroxylation sites is 1. The average molecular weight is 435 g/mol. The van der Waals surface area contributed by atoms with Gasteiger partial charge in [0, 0.05) is 37.0 Å². The molecule has 9 nitrogen and oxygen atoms in total. The molecule has 166 valence electrons. The molecule has 1 aromatic heterocycles. The largest absolute Gasteiger partial charge is 0.332 e. The molecule has 0 saturated carbocycles. The molecule has 1 unspecified atom stereocenters. The minimum atomic E-state index is -0.264. The Bertz CT molecular complexity index is 1050. The Kier molecular flexibility index (Phi) is 6.53. The molecular weight excluding hydrogens is 408 g/mol. The van der Waals surface area contributed by atoms with Crippen molar-refractivity contribution in [1.29, 1.82) is 0 Å². The fourth-order valence-electron chi connectivity index (χ4n) is 4.01. The third-order valence-electron chi connectivity index (χ3n) is 5.75. The molecule has 2 aliphatic heterocycles. The molecule has 1 atom stereocenters. The van der Waals surface area contributed by atoms with Crippen molar-refractivity contribution in [3.8, 4) is 0 Å². The highest BCUT2D eigenvalue weighted by molar-refractivity contribution is 6.04. The van der Waals surface area contributed by atoms with Crippen molar-refractivity contribution in [2.75, 3.05) is 11.9 Å². The molecule has 2 aromatic rings. The monoisotopic (exact) mass is 434 g/mol. The number of rotatable bonds is 6. The van der Waals surface area contributed by atoms with Crippen molar-refractivity contribution in [3.63, 3.8) is 0 Å². The second kappa shape index (κ2) is 9.67. The number of nitrogens with zero attached hydrogens (tertiary/aromatic N) is 4. The van der Waals surface area contributed by atoms with E-state index >= 15 is 0 Å². The first-order valence-electron chi connectivity index (χ1n) is 10.8. The van der Waals surface area contributed by atoms with E-state index in [1.807, 2.05) is 35.2 Å². The number of nitrogens with one attached hydrogen (secondary N) is 2. The predicted molar refractivity (Wildman–Crippen MR) is 119 cm³/mol. The van der Waals surface area contributed by atoms with Crippen LogP contribution in [0.1, 0.15) is 66.4 Å². The molecule has 1 aromatic carbocycles. The maximum absolute atomic E-state index is 12.9. The number of amides is 3. The first kappa shape index (κ1) is 21.6. The number of aryl methyl sites for hydroxylation is 1. The van der Waals surface area contributed by atoms with Crippen LogP contribution in [0, 0.1) is 6.92 Å². The number of benzene rings is 1. The van der Waals surface area contributed by atoms with E-state index in [2.05, 4.69) is 25.8 Å². The Morgan fingerprint density at radius 2 is 2.03 bits per heavy atom. The third-order valence-corrected chi connectivity index (χ3v) is 5.75. The van der Waals surface area contributed by atoms with Gasteiger partial charge >= 0.3 is 0 Å². The smallest absolute Gasteiger partial charge is 0.259 e. The molecule has 1 saturated heterocycles. The van der Waals surface area contributed by atoms with Crippen LogP contribution in [0.3, 0.4) is 0 Å². The van der Waals surface area contributed by atoms with Crippen molar-refractivity contribution in [1.82, 2.24) is 20.3 Å². The molecule has 0 bridgehead atoms. The summed E-state index contributed by atoms with van der Waals surface area (Å²) in [4.78, 5) is 47.5. The lowest BCUT2D eigenvalue weighted by molar-refractivity contribution is -0.132. The minimum absolute atomic E-state index is 0.0271. The standard InChI is InChI=1S/C23H26N6O3/c1-15-18(23(32)26-16-6-3-2-4-7-16)14-24-22(25-15)19-8-5-13-29(19)21(31)12-10-17-9-11-20(30)28-27-17/h2-4,6-7,14,19H,5,8-13H2,1H3,(H,26,32)(H,28,30). The van der Waals surface area contributed by atoms with Crippen LogP contribution in [-0.4, -0.2) is 44.8 Å². The first-order chi connectivity index (χ1) is 15.5. The molecule has 0 spiro atoms. The summed E-state index contributed by atoms with van der Waals surface area (Å²) in [6.45, 7) is 2.44. The van der Waals surface area contributed by atoms with Crippen molar-refractivity contribution in [2.45, 2.75) is 51.5 Å². The van der Waals surface area contributed by atoms with Gasteiger partial charge in [0.15, 0.2) is 5.82 Å². The minimum Gasteiger partial charge on any atom is -0.332 e. The van der Waals surface area contributed by atoms with Gasteiger partial charge in [-0.2, -0.15) is 5.10 Å². The molecule has 1 fully saturated rings. The topological polar surface area (TPSA) is 117 Å². The van der Waals surface area contributed by atoms with Crippen LogP contribution < -0.4 is 10.7 Å². The summed E-state index contributed by atoms with van der Waals surface area (Å²) in [5.74, 6) is 0.235. The number of hydrazone groups is 1. The average Bonchev–Trinajstić information content (AvgIpc) is 3.29. The summed E-state index contributed by atoms with van der Waals surface area (Å²) in [6, 6.07) is 9.03. The molecule has 9 heteroatoms. The Morgan fingerprint density at radius 3 is 2.75 bits per heavy atom. The van der Waals surface area contributed by atoms with Gasteiger partial charge in [0.2, 0.25) is 11.8 Å². The van der Waals surface area contributed by atoms with Crippen molar-refractivity contribution < 1.29 is 14.4 Å². The van der Waals surface area contributed by atoms with Crippen LogP contribution in [0.5, 0.6) is 0 Å². The van der Waals surface area contributed by atoms with E-state index in [9.17, 15) is 14.4 Å². The van der Waals surface area contributed by atoms with E-state index in [0.29, 0.717) is 55.0 Å². The van der Waals surface area contributed by atoms with Crippen LogP contribution in [0.15, 0.2) is 41.6 Å². The van der Waals surface area contributed by atoms with Gasteiger partial charge in [0.1, 0.15) is 0 Å². The fraction of sp³-hybridized carbons (Fsp3) is 0.391. The van der Waals surface area contributed by atoms with Crippen molar-refractivity contribution in [2.24, 2.45) is 5.10 Å². The van der Waals surface area contributed by atoms with Gasteiger partial charge in [-0.3, -0.25) is 14.4 Å². The molecule has 2 N–H and O–H groups in total. The number of hydrogen-bond acceptors (Lipinski definition) is 6. The lowest BCUT2D eigenvalue weighted by Gasteiger charge is -2.24. The highest BCUT2D eigenvalue weighted by Crippen LogP contribution is 2.31. The number of hydrogen-bond donors (Lipinski definition) is 2. The van der Waals surface area contributed by atoms with Gasteiger partial charge in [-0.25, -0.2) is 15.4 Å². The lowest BCUT2D eigenvalue weighted by atomic mass is 10.1. The highest BCUT2D eigenvalue weighted by Gasteiger charge is 2.32. The van der Waals surface area contributed by atoms with E-state index in [1.54, 1.807) is 6.92 Å². The Morgan fingerprint density at radius 1 is 1.22 bits per heavy atom. The zero-order valence-corrected chi connectivity index (χ0v) is 18.0. The normalized spacial score (nSPS) is 18.2. The van der Waals surface area contributed by atoms with Gasteiger partial charge < -0.3 is 10.2 Å². The maximum atomic E-state index is 12.9. The van der Waals surface area contributed by atoms with E-state index in [0.717, 1.165) is 18.6 Å².